The van der Waals surface area contributed by atoms with Crippen molar-refractivity contribution in [1.29, 1.82) is 0 Å². The fourth-order valence-electron chi connectivity index (χ4n) is 2.14. The maximum atomic E-state index is 10.9. The number of aryl methyl sites for hydroxylation is 2. The minimum absolute atomic E-state index is 0.314. The van der Waals surface area contributed by atoms with Gasteiger partial charge in [-0.3, -0.25) is 0 Å². The van der Waals surface area contributed by atoms with Crippen molar-refractivity contribution in [3.05, 3.63) is 59.5 Å². The SMILES string of the molecule is O=C(O)c1cccc(CCc2nc3ncccc3[nH]2)c1. The summed E-state index contributed by atoms with van der Waals surface area (Å²) < 4.78 is 0. The first-order valence-corrected chi connectivity index (χ1v) is 6.34. The second-order valence-corrected chi connectivity index (χ2v) is 4.56. The van der Waals surface area contributed by atoms with E-state index in [0.29, 0.717) is 11.2 Å². The molecule has 3 aromatic rings. The van der Waals surface area contributed by atoms with Crippen LogP contribution in [-0.2, 0) is 12.8 Å². The molecule has 0 aliphatic rings. The summed E-state index contributed by atoms with van der Waals surface area (Å²) in [6.45, 7) is 0. The van der Waals surface area contributed by atoms with Gasteiger partial charge in [-0.1, -0.05) is 12.1 Å². The van der Waals surface area contributed by atoms with E-state index >= 15 is 0 Å². The molecule has 5 nitrogen and oxygen atoms in total. The highest BCUT2D eigenvalue weighted by Gasteiger charge is 2.06. The van der Waals surface area contributed by atoms with Crippen LogP contribution in [0.25, 0.3) is 11.2 Å². The molecule has 0 atom stereocenters. The van der Waals surface area contributed by atoms with Gasteiger partial charge in [0, 0.05) is 12.6 Å². The summed E-state index contributed by atoms with van der Waals surface area (Å²) in [6.07, 6.45) is 3.17. The number of nitrogens with one attached hydrogen (secondary N) is 1. The van der Waals surface area contributed by atoms with Crippen molar-refractivity contribution in [3.63, 3.8) is 0 Å². The Morgan fingerprint density at radius 3 is 2.90 bits per heavy atom. The van der Waals surface area contributed by atoms with Crippen LogP contribution in [0.4, 0.5) is 0 Å². The molecule has 0 fully saturated rings. The lowest BCUT2D eigenvalue weighted by molar-refractivity contribution is 0.0697. The van der Waals surface area contributed by atoms with Crippen LogP contribution in [0.2, 0.25) is 0 Å². The van der Waals surface area contributed by atoms with Crippen molar-refractivity contribution in [3.8, 4) is 0 Å². The van der Waals surface area contributed by atoms with Gasteiger partial charge in [-0.05, 0) is 36.2 Å². The fourth-order valence-corrected chi connectivity index (χ4v) is 2.14. The van der Waals surface area contributed by atoms with Crippen LogP contribution in [0, 0.1) is 0 Å². The fraction of sp³-hybridized carbons (Fsp3) is 0.133. The second-order valence-electron chi connectivity index (χ2n) is 4.56. The van der Waals surface area contributed by atoms with Gasteiger partial charge in [0.15, 0.2) is 5.65 Å². The van der Waals surface area contributed by atoms with E-state index in [9.17, 15) is 4.79 Å². The number of hydrogen-bond acceptors (Lipinski definition) is 3. The van der Waals surface area contributed by atoms with Gasteiger partial charge in [0.2, 0.25) is 0 Å². The number of imidazole rings is 1. The van der Waals surface area contributed by atoms with Crippen molar-refractivity contribution in [1.82, 2.24) is 15.0 Å². The number of carboxylic acid groups (broad SMARTS) is 1. The molecule has 0 aliphatic carbocycles. The Balaban J connectivity index is 1.75. The van der Waals surface area contributed by atoms with E-state index in [4.69, 9.17) is 5.11 Å². The summed E-state index contributed by atoms with van der Waals surface area (Å²) in [7, 11) is 0. The van der Waals surface area contributed by atoms with E-state index in [1.165, 1.54) is 0 Å². The second kappa shape index (κ2) is 5.13. The number of aromatic nitrogens is 3. The van der Waals surface area contributed by atoms with Gasteiger partial charge in [0.1, 0.15) is 5.82 Å². The standard InChI is InChI=1S/C15H13N3O2/c19-15(20)11-4-1-3-10(9-11)6-7-13-17-12-5-2-8-16-14(12)18-13/h1-5,8-9H,6-7H2,(H,19,20)(H,16,17,18). The number of fused-ring (bicyclic) bond motifs is 1. The first kappa shape index (κ1) is 12.3. The first-order valence-electron chi connectivity index (χ1n) is 6.34. The number of benzene rings is 1. The predicted octanol–water partition coefficient (Wildman–Crippen LogP) is 2.44. The number of nitrogens with zero attached hydrogens (tertiary/aromatic N) is 2. The molecule has 2 N–H and O–H groups in total. The number of aromatic carboxylic acids is 1. The molecule has 0 saturated carbocycles. The van der Waals surface area contributed by atoms with Crippen LogP contribution in [-0.4, -0.2) is 26.0 Å². The minimum Gasteiger partial charge on any atom is -0.478 e. The normalized spacial score (nSPS) is 10.8. The number of hydrogen-bond donors (Lipinski definition) is 2. The Kier molecular flexibility index (Phi) is 3.16. The van der Waals surface area contributed by atoms with Crippen LogP contribution in [0.1, 0.15) is 21.7 Å². The molecule has 0 spiro atoms. The lowest BCUT2D eigenvalue weighted by atomic mass is 10.1. The number of pyridine rings is 1. The number of rotatable bonds is 4. The van der Waals surface area contributed by atoms with Crippen LogP contribution in [0.3, 0.4) is 0 Å². The van der Waals surface area contributed by atoms with Crippen LogP contribution < -0.4 is 0 Å². The summed E-state index contributed by atoms with van der Waals surface area (Å²) in [5.41, 5.74) is 2.93. The molecule has 0 amide bonds. The maximum absolute atomic E-state index is 10.9. The van der Waals surface area contributed by atoms with Crippen molar-refractivity contribution in [2.24, 2.45) is 0 Å². The van der Waals surface area contributed by atoms with Gasteiger partial charge in [-0.25, -0.2) is 14.8 Å². The van der Waals surface area contributed by atoms with Gasteiger partial charge in [0.05, 0.1) is 11.1 Å². The van der Waals surface area contributed by atoms with Gasteiger partial charge < -0.3 is 10.1 Å². The molecule has 3 rings (SSSR count). The Hall–Kier alpha value is -2.69. The molecule has 0 unspecified atom stereocenters. The van der Waals surface area contributed by atoms with Crippen molar-refractivity contribution in [2.45, 2.75) is 12.8 Å². The number of carbonyl (C=O) groups is 1. The first-order chi connectivity index (χ1) is 9.72. The zero-order valence-electron chi connectivity index (χ0n) is 10.7. The van der Waals surface area contributed by atoms with Gasteiger partial charge in [-0.2, -0.15) is 0 Å². The minimum atomic E-state index is -0.903. The molecule has 0 radical (unpaired) electrons. The molecule has 100 valence electrons. The Morgan fingerprint density at radius 1 is 1.20 bits per heavy atom. The van der Waals surface area contributed by atoms with Crippen molar-refractivity contribution in [2.75, 3.05) is 0 Å². The Bertz CT molecular complexity index is 731. The number of H-pyrrole nitrogens is 1. The summed E-state index contributed by atoms with van der Waals surface area (Å²) in [4.78, 5) is 22.7. The van der Waals surface area contributed by atoms with E-state index in [0.717, 1.165) is 29.7 Å². The van der Waals surface area contributed by atoms with Crippen LogP contribution in [0.5, 0.6) is 0 Å². The lowest BCUT2D eigenvalue weighted by Crippen LogP contribution is -1.99. The zero-order chi connectivity index (χ0) is 13.9. The molecule has 0 saturated heterocycles. The summed E-state index contributed by atoms with van der Waals surface area (Å²) in [6, 6.07) is 10.8. The molecular weight excluding hydrogens is 254 g/mol. The summed E-state index contributed by atoms with van der Waals surface area (Å²) >= 11 is 0. The van der Waals surface area contributed by atoms with Gasteiger partial charge >= 0.3 is 5.97 Å². The molecular formula is C15H13N3O2. The monoisotopic (exact) mass is 267 g/mol. The third-order valence-electron chi connectivity index (χ3n) is 3.13. The van der Waals surface area contributed by atoms with Gasteiger partial charge in [-0.15, -0.1) is 0 Å². The largest absolute Gasteiger partial charge is 0.478 e. The lowest BCUT2D eigenvalue weighted by Gasteiger charge is -2.01. The maximum Gasteiger partial charge on any atom is 0.335 e. The number of aromatic amines is 1. The van der Waals surface area contributed by atoms with E-state index in [1.807, 2.05) is 18.2 Å². The Morgan fingerprint density at radius 2 is 2.10 bits per heavy atom. The average Bonchev–Trinajstić information content (AvgIpc) is 2.88. The third kappa shape index (κ3) is 2.51. The average molecular weight is 267 g/mol. The van der Waals surface area contributed by atoms with E-state index in [1.54, 1.807) is 24.4 Å². The van der Waals surface area contributed by atoms with E-state index in [2.05, 4.69) is 15.0 Å². The highest BCUT2D eigenvalue weighted by Crippen LogP contribution is 2.11. The smallest absolute Gasteiger partial charge is 0.335 e. The predicted molar refractivity (Wildman–Crippen MR) is 74.7 cm³/mol. The molecule has 5 heteroatoms. The Labute approximate surface area is 115 Å². The highest BCUT2D eigenvalue weighted by molar-refractivity contribution is 5.87. The van der Waals surface area contributed by atoms with E-state index < -0.39 is 5.97 Å². The zero-order valence-corrected chi connectivity index (χ0v) is 10.7. The van der Waals surface area contributed by atoms with Crippen molar-refractivity contribution < 1.29 is 9.90 Å². The van der Waals surface area contributed by atoms with Gasteiger partial charge in [0.25, 0.3) is 0 Å². The summed E-state index contributed by atoms with van der Waals surface area (Å²) in [5, 5.41) is 8.96. The highest BCUT2D eigenvalue weighted by atomic mass is 16.4. The molecule has 0 aliphatic heterocycles. The van der Waals surface area contributed by atoms with Crippen molar-refractivity contribution >= 4 is 17.1 Å². The van der Waals surface area contributed by atoms with E-state index in [-0.39, 0.29) is 0 Å². The van der Waals surface area contributed by atoms with Crippen LogP contribution in [0.15, 0.2) is 42.6 Å². The number of carboxylic acids is 1. The molecule has 20 heavy (non-hydrogen) atoms. The molecule has 2 aromatic heterocycles. The quantitative estimate of drug-likeness (QED) is 0.761. The topological polar surface area (TPSA) is 78.9 Å². The summed E-state index contributed by atoms with van der Waals surface area (Å²) in [5.74, 6) is -0.0424. The molecule has 2 heterocycles. The van der Waals surface area contributed by atoms with Crippen LogP contribution >= 0.6 is 0 Å². The third-order valence-corrected chi connectivity index (χ3v) is 3.13. The molecule has 0 bridgehead atoms. The molecule has 1 aromatic carbocycles.